The van der Waals surface area contributed by atoms with Crippen molar-refractivity contribution >= 4 is 21.6 Å². The zero-order chi connectivity index (χ0) is 15.8. The summed E-state index contributed by atoms with van der Waals surface area (Å²) in [6.07, 6.45) is 0. The van der Waals surface area contributed by atoms with E-state index in [1.165, 1.54) is 5.56 Å². The van der Waals surface area contributed by atoms with Gasteiger partial charge in [0.2, 0.25) is 0 Å². The fourth-order valence-corrected chi connectivity index (χ4v) is 3.16. The second kappa shape index (κ2) is 5.84. The SMILES string of the molecule is CC(C)N(/N=c1\oc2ccc(C(C)(C)C)cc2s1)C(C)C. The molecule has 1 aromatic carbocycles. The lowest BCUT2D eigenvalue weighted by molar-refractivity contribution is 0.169. The summed E-state index contributed by atoms with van der Waals surface area (Å²) in [5.74, 6) is 0. The maximum absolute atomic E-state index is 5.88. The molecular weight excluding hydrogens is 280 g/mol. The number of rotatable bonds is 3. The number of benzene rings is 1. The summed E-state index contributed by atoms with van der Waals surface area (Å²) in [7, 11) is 0. The summed E-state index contributed by atoms with van der Waals surface area (Å²) >= 11 is 1.62. The van der Waals surface area contributed by atoms with Crippen LogP contribution in [-0.2, 0) is 5.41 Å². The Labute approximate surface area is 131 Å². The quantitative estimate of drug-likeness (QED) is 0.767. The average molecular weight is 306 g/mol. The zero-order valence-corrected chi connectivity index (χ0v) is 14.9. The summed E-state index contributed by atoms with van der Waals surface area (Å²) < 4.78 is 7.04. The van der Waals surface area contributed by atoms with Crippen molar-refractivity contribution in [3.05, 3.63) is 28.6 Å². The van der Waals surface area contributed by atoms with Crippen molar-refractivity contribution in [3.63, 3.8) is 0 Å². The Morgan fingerprint density at radius 1 is 1.10 bits per heavy atom. The molecule has 0 aliphatic carbocycles. The molecule has 0 aliphatic heterocycles. The Hall–Kier alpha value is -1.29. The van der Waals surface area contributed by atoms with Crippen LogP contribution in [0.3, 0.4) is 0 Å². The number of nitrogens with zero attached hydrogens (tertiary/aromatic N) is 2. The minimum Gasteiger partial charge on any atom is -0.428 e. The van der Waals surface area contributed by atoms with Crippen LogP contribution in [0.2, 0.25) is 0 Å². The predicted octanol–water partition coefficient (Wildman–Crippen LogP) is 4.73. The minimum atomic E-state index is 0.150. The van der Waals surface area contributed by atoms with Gasteiger partial charge in [-0.1, -0.05) is 38.2 Å². The third kappa shape index (κ3) is 3.67. The minimum absolute atomic E-state index is 0.150. The summed E-state index contributed by atoms with van der Waals surface area (Å²) in [6.45, 7) is 15.3. The number of fused-ring (bicyclic) bond motifs is 1. The predicted molar refractivity (Wildman–Crippen MR) is 90.5 cm³/mol. The molecule has 0 saturated heterocycles. The molecule has 3 nitrogen and oxygen atoms in total. The largest absolute Gasteiger partial charge is 0.428 e. The van der Waals surface area contributed by atoms with E-state index in [1.807, 2.05) is 0 Å². The van der Waals surface area contributed by atoms with E-state index < -0.39 is 0 Å². The van der Waals surface area contributed by atoms with E-state index in [9.17, 15) is 0 Å². The van der Waals surface area contributed by atoms with E-state index in [-0.39, 0.29) is 5.41 Å². The summed E-state index contributed by atoms with van der Waals surface area (Å²) in [6, 6.07) is 7.13. The van der Waals surface area contributed by atoms with Gasteiger partial charge >= 0.3 is 0 Å². The van der Waals surface area contributed by atoms with Crippen LogP contribution in [-0.4, -0.2) is 17.1 Å². The lowest BCUT2D eigenvalue weighted by Gasteiger charge is -2.26. The normalized spacial score (nSPS) is 13.7. The number of hydrogen-bond donors (Lipinski definition) is 0. The van der Waals surface area contributed by atoms with Crippen LogP contribution in [0.5, 0.6) is 0 Å². The maximum Gasteiger partial charge on any atom is 0.296 e. The first kappa shape index (κ1) is 16.1. The van der Waals surface area contributed by atoms with E-state index in [0.717, 1.165) is 15.2 Å². The van der Waals surface area contributed by atoms with Crippen LogP contribution >= 0.6 is 11.3 Å². The molecule has 0 aliphatic rings. The third-order valence-electron chi connectivity index (χ3n) is 3.46. The van der Waals surface area contributed by atoms with Crippen LogP contribution < -0.4 is 4.87 Å². The standard InChI is InChI=1S/C17H26N2OS/c1-11(2)19(12(3)4)18-16-20-14-9-8-13(17(5,6)7)10-15(14)21-16/h8-12H,1-7H3/b18-16+. The van der Waals surface area contributed by atoms with Gasteiger partial charge in [0.15, 0.2) is 0 Å². The van der Waals surface area contributed by atoms with Crippen molar-refractivity contribution < 1.29 is 4.42 Å². The fraction of sp³-hybridized carbons (Fsp3) is 0.588. The molecule has 21 heavy (non-hydrogen) atoms. The average Bonchev–Trinajstić information content (AvgIpc) is 2.75. The fourth-order valence-electron chi connectivity index (χ4n) is 2.31. The summed E-state index contributed by atoms with van der Waals surface area (Å²) in [5, 5.41) is 6.75. The zero-order valence-electron chi connectivity index (χ0n) is 14.1. The lowest BCUT2D eigenvalue weighted by atomic mass is 9.87. The molecule has 2 aromatic rings. The maximum atomic E-state index is 5.88. The van der Waals surface area contributed by atoms with Gasteiger partial charge in [-0.2, -0.15) is 0 Å². The highest BCUT2D eigenvalue weighted by Crippen LogP contribution is 2.27. The Balaban J connectivity index is 2.48. The van der Waals surface area contributed by atoms with Gasteiger partial charge in [-0.15, -0.1) is 5.10 Å². The Bertz CT molecular complexity index is 666. The van der Waals surface area contributed by atoms with Gasteiger partial charge in [-0.05, 0) is 50.8 Å². The molecule has 0 radical (unpaired) electrons. The third-order valence-corrected chi connectivity index (χ3v) is 4.34. The van der Waals surface area contributed by atoms with Crippen LogP contribution in [0.25, 0.3) is 10.3 Å². The molecule has 0 atom stereocenters. The lowest BCUT2D eigenvalue weighted by Crippen LogP contribution is -2.33. The van der Waals surface area contributed by atoms with Gasteiger partial charge in [-0.3, -0.25) is 5.01 Å². The molecule has 1 aromatic heterocycles. The van der Waals surface area contributed by atoms with Crippen molar-refractivity contribution in [2.75, 3.05) is 0 Å². The van der Waals surface area contributed by atoms with Crippen LogP contribution in [0.15, 0.2) is 27.7 Å². The first-order valence-corrected chi connectivity index (χ1v) is 8.37. The molecular formula is C17H26N2OS. The van der Waals surface area contributed by atoms with Crippen molar-refractivity contribution in [1.29, 1.82) is 0 Å². The van der Waals surface area contributed by atoms with E-state index in [4.69, 9.17) is 4.42 Å². The first-order valence-electron chi connectivity index (χ1n) is 7.55. The molecule has 0 amide bonds. The van der Waals surface area contributed by atoms with Gasteiger partial charge in [0.25, 0.3) is 4.87 Å². The van der Waals surface area contributed by atoms with Crippen molar-refractivity contribution in [2.24, 2.45) is 5.10 Å². The van der Waals surface area contributed by atoms with Crippen LogP contribution in [0.1, 0.15) is 54.0 Å². The number of hydrogen-bond acceptors (Lipinski definition) is 4. The second-order valence-corrected chi connectivity index (χ2v) is 8.04. The highest BCUT2D eigenvalue weighted by atomic mass is 32.1. The van der Waals surface area contributed by atoms with Gasteiger partial charge in [0, 0.05) is 12.1 Å². The molecule has 116 valence electrons. The molecule has 0 spiro atoms. The van der Waals surface area contributed by atoms with Gasteiger partial charge in [-0.25, -0.2) is 0 Å². The Kier molecular flexibility index (Phi) is 4.47. The Morgan fingerprint density at radius 2 is 1.71 bits per heavy atom. The molecule has 0 unspecified atom stereocenters. The van der Waals surface area contributed by atoms with E-state index in [1.54, 1.807) is 11.3 Å². The highest BCUT2D eigenvalue weighted by molar-refractivity contribution is 7.16. The van der Waals surface area contributed by atoms with Gasteiger partial charge in [0.05, 0.1) is 4.70 Å². The van der Waals surface area contributed by atoms with E-state index >= 15 is 0 Å². The summed E-state index contributed by atoms with van der Waals surface area (Å²) in [5.41, 5.74) is 2.39. The monoisotopic (exact) mass is 306 g/mol. The van der Waals surface area contributed by atoms with Gasteiger partial charge < -0.3 is 4.42 Å². The molecule has 0 fully saturated rings. The molecule has 0 saturated carbocycles. The molecule has 4 heteroatoms. The van der Waals surface area contributed by atoms with Gasteiger partial charge in [0.1, 0.15) is 5.58 Å². The van der Waals surface area contributed by atoms with Crippen molar-refractivity contribution in [2.45, 2.75) is 66.0 Å². The second-order valence-electron chi connectivity index (χ2n) is 7.05. The molecule has 1 heterocycles. The van der Waals surface area contributed by atoms with Crippen LogP contribution in [0, 0.1) is 0 Å². The Morgan fingerprint density at radius 3 is 2.24 bits per heavy atom. The van der Waals surface area contributed by atoms with Crippen LogP contribution in [0.4, 0.5) is 0 Å². The topological polar surface area (TPSA) is 28.7 Å². The summed E-state index contributed by atoms with van der Waals surface area (Å²) in [4.78, 5) is 0.721. The highest BCUT2D eigenvalue weighted by Gasteiger charge is 2.15. The molecule has 0 N–H and O–H groups in total. The van der Waals surface area contributed by atoms with E-state index in [2.05, 4.69) is 76.8 Å². The molecule has 2 rings (SSSR count). The van der Waals surface area contributed by atoms with E-state index in [0.29, 0.717) is 12.1 Å². The van der Waals surface area contributed by atoms with Crippen molar-refractivity contribution in [1.82, 2.24) is 5.01 Å². The first-order chi connectivity index (χ1) is 9.68. The van der Waals surface area contributed by atoms with Crippen molar-refractivity contribution in [3.8, 4) is 0 Å². The molecule has 0 bridgehead atoms. The smallest absolute Gasteiger partial charge is 0.296 e.